The molecule has 0 spiro atoms. The van der Waals surface area contributed by atoms with E-state index < -0.39 is 11.4 Å². The molecule has 0 heterocycles. The second-order valence-corrected chi connectivity index (χ2v) is 5.72. The third kappa shape index (κ3) is 2.17. The molecule has 0 bridgehead atoms. The molecule has 96 valence electrons. The number of aliphatic carboxylic acids is 1. The fourth-order valence-corrected chi connectivity index (χ4v) is 2.96. The van der Waals surface area contributed by atoms with Crippen LogP contribution in [0, 0.1) is 23.2 Å². The number of hydrogen-bond donors (Lipinski definition) is 2. The summed E-state index contributed by atoms with van der Waals surface area (Å²) in [5.41, 5.74) is -0.834. The molecule has 3 unspecified atom stereocenters. The topological polar surface area (TPSA) is 66.4 Å². The van der Waals surface area contributed by atoms with E-state index in [0.29, 0.717) is 18.3 Å². The number of rotatable bonds is 5. The smallest absolute Gasteiger partial charge is 0.311 e. The maximum Gasteiger partial charge on any atom is 0.311 e. The Kier molecular flexibility index (Phi) is 3.15. The summed E-state index contributed by atoms with van der Waals surface area (Å²) in [4.78, 5) is 23.0. The molecule has 3 atom stereocenters. The standard InChI is InChI=1S/C13H21NO3/c1-3-13(2,12(16)17)7-14-11(15)10-8-5-4-6-9(8)10/h8-10H,3-7H2,1-2H3,(H,14,15)(H,16,17). The Hall–Kier alpha value is -1.06. The largest absolute Gasteiger partial charge is 0.481 e. The van der Waals surface area contributed by atoms with Gasteiger partial charge < -0.3 is 10.4 Å². The lowest BCUT2D eigenvalue weighted by molar-refractivity contribution is -0.148. The Morgan fingerprint density at radius 3 is 2.41 bits per heavy atom. The Labute approximate surface area is 102 Å². The van der Waals surface area contributed by atoms with Crippen molar-refractivity contribution in [1.29, 1.82) is 0 Å². The van der Waals surface area contributed by atoms with Gasteiger partial charge in [-0.3, -0.25) is 9.59 Å². The van der Waals surface area contributed by atoms with Crippen LogP contribution in [0.15, 0.2) is 0 Å². The predicted molar refractivity (Wildman–Crippen MR) is 63.4 cm³/mol. The van der Waals surface area contributed by atoms with E-state index in [0.717, 1.165) is 0 Å². The molecule has 2 rings (SSSR count). The normalized spacial score (nSPS) is 33.6. The summed E-state index contributed by atoms with van der Waals surface area (Å²) in [6, 6.07) is 0. The number of carboxylic acid groups (broad SMARTS) is 1. The first kappa shape index (κ1) is 12.4. The van der Waals surface area contributed by atoms with Gasteiger partial charge in [0.1, 0.15) is 0 Å². The summed E-state index contributed by atoms with van der Waals surface area (Å²) in [5, 5.41) is 11.9. The Bertz CT molecular complexity index is 332. The van der Waals surface area contributed by atoms with E-state index >= 15 is 0 Å². The fraction of sp³-hybridized carbons (Fsp3) is 0.846. The van der Waals surface area contributed by atoms with Crippen molar-refractivity contribution >= 4 is 11.9 Å². The van der Waals surface area contributed by atoms with Crippen LogP contribution in [0.2, 0.25) is 0 Å². The van der Waals surface area contributed by atoms with Gasteiger partial charge in [-0.15, -0.1) is 0 Å². The van der Waals surface area contributed by atoms with Crippen molar-refractivity contribution in [3.63, 3.8) is 0 Å². The predicted octanol–water partition coefficient (Wildman–Crippen LogP) is 1.65. The minimum atomic E-state index is -0.837. The molecule has 4 heteroatoms. The Morgan fingerprint density at radius 2 is 1.94 bits per heavy atom. The van der Waals surface area contributed by atoms with Crippen LogP contribution in [-0.2, 0) is 9.59 Å². The highest BCUT2D eigenvalue weighted by molar-refractivity contribution is 5.83. The van der Waals surface area contributed by atoms with Gasteiger partial charge in [-0.05, 0) is 38.0 Å². The summed E-state index contributed by atoms with van der Waals surface area (Å²) in [6.07, 6.45) is 4.13. The van der Waals surface area contributed by atoms with Crippen LogP contribution in [0.25, 0.3) is 0 Å². The van der Waals surface area contributed by atoms with Crippen LogP contribution < -0.4 is 5.32 Å². The van der Waals surface area contributed by atoms with E-state index in [1.54, 1.807) is 6.92 Å². The van der Waals surface area contributed by atoms with Gasteiger partial charge >= 0.3 is 5.97 Å². The average molecular weight is 239 g/mol. The molecule has 4 nitrogen and oxygen atoms in total. The van der Waals surface area contributed by atoms with Crippen LogP contribution in [0.3, 0.4) is 0 Å². The zero-order valence-corrected chi connectivity index (χ0v) is 10.5. The van der Waals surface area contributed by atoms with Gasteiger partial charge in [0.25, 0.3) is 0 Å². The number of fused-ring (bicyclic) bond motifs is 1. The van der Waals surface area contributed by atoms with Crippen LogP contribution in [0.1, 0.15) is 39.5 Å². The van der Waals surface area contributed by atoms with E-state index in [1.165, 1.54) is 19.3 Å². The maximum atomic E-state index is 11.9. The highest BCUT2D eigenvalue weighted by Gasteiger charge is 2.56. The van der Waals surface area contributed by atoms with Gasteiger partial charge in [0.05, 0.1) is 5.41 Å². The maximum absolute atomic E-state index is 11.9. The lowest BCUT2D eigenvalue weighted by atomic mass is 9.87. The van der Waals surface area contributed by atoms with Crippen molar-refractivity contribution in [1.82, 2.24) is 5.32 Å². The Morgan fingerprint density at radius 1 is 1.35 bits per heavy atom. The lowest BCUT2D eigenvalue weighted by Crippen LogP contribution is -2.41. The fourth-order valence-electron chi connectivity index (χ4n) is 2.96. The van der Waals surface area contributed by atoms with E-state index in [9.17, 15) is 9.59 Å². The van der Waals surface area contributed by atoms with Gasteiger partial charge in [0.15, 0.2) is 0 Å². The van der Waals surface area contributed by atoms with Gasteiger partial charge in [-0.2, -0.15) is 0 Å². The van der Waals surface area contributed by atoms with Crippen molar-refractivity contribution in [2.75, 3.05) is 6.54 Å². The first-order valence-electron chi connectivity index (χ1n) is 6.50. The summed E-state index contributed by atoms with van der Waals surface area (Å²) in [6.45, 7) is 3.77. The summed E-state index contributed by atoms with van der Waals surface area (Å²) in [5.74, 6) is 0.594. The van der Waals surface area contributed by atoms with E-state index in [-0.39, 0.29) is 18.4 Å². The zero-order valence-electron chi connectivity index (χ0n) is 10.5. The van der Waals surface area contributed by atoms with Gasteiger partial charge in [0.2, 0.25) is 5.91 Å². The lowest BCUT2D eigenvalue weighted by Gasteiger charge is -2.23. The van der Waals surface area contributed by atoms with Crippen LogP contribution >= 0.6 is 0 Å². The number of carbonyl (C=O) groups is 2. The van der Waals surface area contributed by atoms with Gasteiger partial charge in [-0.25, -0.2) is 0 Å². The van der Waals surface area contributed by atoms with E-state index in [4.69, 9.17) is 5.11 Å². The third-order valence-electron chi connectivity index (χ3n) is 4.66. The van der Waals surface area contributed by atoms with Crippen LogP contribution in [-0.4, -0.2) is 23.5 Å². The number of amides is 1. The molecule has 1 amide bonds. The first-order valence-corrected chi connectivity index (χ1v) is 6.50. The van der Waals surface area contributed by atoms with Crippen molar-refractivity contribution < 1.29 is 14.7 Å². The van der Waals surface area contributed by atoms with Crippen molar-refractivity contribution in [3.8, 4) is 0 Å². The minimum Gasteiger partial charge on any atom is -0.481 e. The summed E-state index contributed by atoms with van der Waals surface area (Å²) in [7, 11) is 0. The van der Waals surface area contributed by atoms with Crippen molar-refractivity contribution in [2.45, 2.75) is 39.5 Å². The minimum absolute atomic E-state index is 0.0700. The SMILES string of the molecule is CCC(C)(CNC(=O)C1C2CCCC21)C(=O)O. The quantitative estimate of drug-likeness (QED) is 0.766. The molecule has 0 aliphatic heterocycles. The van der Waals surface area contributed by atoms with Gasteiger partial charge in [-0.1, -0.05) is 13.3 Å². The van der Waals surface area contributed by atoms with Crippen molar-refractivity contribution in [2.24, 2.45) is 23.2 Å². The zero-order chi connectivity index (χ0) is 12.6. The molecule has 2 saturated carbocycles. The number of hydrogen-bond acceptors (Lipinski definition) is 2. The summed E-state index contributed by atoms with van der Waals surface area (Å²) >= 11 is 0. The molecule has 17 heavy (non-hydrogen) atoms. The highest BCUT2D eigenvalue weighted by Crippen LogP contribution is 2.57. The third-order valence-corrected chi connectivity index (χ3v) is 4.66. The Balaban J connectivity index is 1.82. The van der Waals surface area contributed by atoms with E-state index in [1.807, 2.05) is 6.92 Å². The number of carbonyl (C=O) groups excluding carboxylic acids is 1. The van der Waals surface area contributed by atoms with Crippen LogP contribution in [0.5, 0.6) is 0 Å². The molecule has 2 N–H and O–H groups in total. The second-order valence-electron chi connectivity index (χ2n) is 5.72. The molecule has 2 aliphatic rings. The van der Waals surface area contributed by atoms with Crippen LogP contribution in [0.4, 0.5) is 0 Å². The molecule has 2 aliphatic carbocycles. The monoisotopic (exact) mass is 239 g/mol. The highest BCUT2D eigenvalue weighted by atomic mass is 16.4. The number of carboxylic acids is 1. The van der Waals surface area contributed by atoms with Gasteiger partial charge in [0, 0.05) is 12.5 Å². The second kappa shape index (κ2) is 4.31. The summed E-state index contributed by atoms with van der Waals surface area (Å²) < 4.78 is 0. The molecule has 0 aromatic rings. The molecular weight excluding hydrogens is 218 g/mol. The molecular formula is C13H21NO3. The molecule has 0 radical (unpaired) electrons. The van der Waals surface area contributed by atoms with E-state index in [2.05, 4.69) is 5.32 Å². The molecule has 0 saturated heterocycles. The molecule has 0 aromatic heterocycles. The average Bonchev–Trinajstić information content (AvgIpc) is 2.79. The molecule has 2 fully saturated rings. The van der Waals surface area contributed by atoms with Crippen molar-refractivity contribution in [3.05, 3.63) is 0 Å². The number of nitrogens with one attached hydrogen (secondary N) is 1. The molecule has 0 aromatic carbocycles. The first-order chi connectivity index (χ1) is 7.99.